The standard InChI is InChI=1S/C11H14BrN3O4/c12-2-1-6-4-15(11(18)14-10(6)13)9-3-7(17)8(5-16)19-9/h1-2,4,7-9,16-17H,3,5H2,(H2,13,14,18)/t7-,8+,9+/m0/s1. The fourth-order valence-electron chi connectivity index (χ4n) is 1.95. The van der Waals surface area contributed by atoms with Gasteiger partial charge in [-0.1, -0.05) is 15.9 Å². The van der Waals surface area contributed by atoms with Gasteiger partial charge in [-0.2, -0.15) is 4.98 Å². The smallest absolute Gasteiger partial charge is 0.351 e. The van der Waals surface area contributed by atoms with Crippen molar-refractivity contribution in [3.05, 3.63) is 27.2 Å². The highest BCUT2D eigenvalue weighted by Gasteiger charge is 2.35. The van der Waals surface area contributed by atoms with Crippen LogP contribution < -0.4 is 11.4 Å². The number of nitrogens with two attached hydrogens (primary N) is 1. The van der Waals surface area contributed by atoms with Crippen LogP contribution in [0.2, 0.25) is 0 Å². The summed E-state index contributed by atoms with van der Waals surface area (Å²) in [4.78, 5) is 17.1. The molecular weight excluding hydrogens is 318 g/mol. The van der Waals surface area contributed by atoms with Gasteiger partial charge in [0.05, 0.1) is 12.7 Å². The molecule has 0 spiro atoms. The predicted molar refractivity (Wildman–Crippen MR) is 72.5 cm³/mol. The van der Waals surface area contributed by atoms with E-state index in [-0.39, 0.29) is 18.8 Å². The topological polar surface area (TPSA) is 111 Å². The van der Waals surface area contributed by atoms with Gasteiger partial charge in [0.1, 0.15) is 18.1 Å². The van der Waals surface area contributed by atoms with Gasteiger partial charge in [0.2, 0.25) is 0 Å². The molecule has 1 aromatic rings. The summed E-state index contributed by atoms with van der Waals surface area (Å²) in [5.41, 5.74) is 5.63. The second-order valence-electron chi connectivity index (χ2n) is 4.18. The maximum absolute atomic E-state index is 11.8. The third-order valence-corrected chi connectivity index (χ3v) is 3.21. The van der Waals surface area contributed by atoms with Crippen molar-refractivity contribution in [2.24, 2.45) is 0 Å². The quantitative estimate of drug-likeness (QED) is 0.709. The van der Waals surface area contributed by atoms with E-state index in [0.717, 1.165) is 0 Å². The van der Waals surface area contributed by atoms with Gasteiger partial charge in [-0.3, -0.25) is 4.57 Å². The number of aliphatic hydroxyl groups is 2. The normalized spacial score (nSPS) is 27.2. The Balaban J connectivity index is 2.35. The highest BCUT2D eigenvalue weighted by Crippen LogP contribution is 2.27. The molecular formula is C11H14BrN3O4. The molecule has 1 aliphatic rings. The zero-order chi connectivity index (χ0) is 14.0. The third-order valence-electron chi connectivity index (χ3n) is 2.95. The SMILES string of the molecule is Nc1nc(=O)n([C@H]2C[C@H](O)[C@@H](CO)O2)cc1C=CBr. The lowest BCUT2D eigenvalue weighted by Gasteiger charge is -2.15. The largest absolute Gasteiger partial charge is 0.394 e. The number of nitrogen functional groups attached to an aromatic ring is 1. The average molecular weight is 332 g/mol. The van der Waals surface area contributed by atoms with Crippen LogP contribution >= 0.6 is 15.9 Å². The van der Waals surface area contributed by atoms with Gasteiger partial charge < -0.3 is 20.7 Å². The van der Waals surface area contributed by atoms with Gasteiger partial charge in [-0.15, -0.1) is 0 Å². The Bertz CT molecular complexity index is 545. The Kier molecular flexibility index (Phi) is 4.35. The molecule has 1 saturated heterocycles. The molecule has 7 nitrogen and oxygen atoms in total. The van der Waals surface area contributed by atoms with Gasteiger partial charge in [0.25, 0.3) is 0 Å². The summed E-state index contributed by atoms with van der Waals surface area (Å²) in [5, 5.41) is 18.7. The number of aliphatic hydroxyl groups excluding tert-OH is 2. The maximum atomic E-state index is 11.8. The van der Waals surface area contributed by atoms with E-state index in [9.17, 15) is 9.90 Å². The lowest BCUT2D eigenvalue weighted by atomic mass is 10.2. The van der Waals surface area contributed by atoms with Crippen LogP contribution in [-0.2, 0) is 4.74 Å². The first-order chi connectivity index (χ1) is 9.06. The third kappa shape index (κ3) is 2.86. The molecule has 19 heavy (non-hydrogen) atoms. The molecule has 3 atom stereocenters. The van der Waals surface area contributed by atoms with Crippen LogP contribution in [0.1, 0.15) is 18.2 Å². The summed E-state index contributed by atoms with van der Waals surface area (Å²) in [6.07, 6.45) is 1.22. The molecule has 8 heteroatoms. The van der Waals surface area contributed by atoms with Crippen LogP contribution in [0.25, 0.3) is 6.08 Å². The Morgan fingerprint density at radius 3 is 3.00 bits per heavy atom. The average Bonchev–Trinajstić information content (AvgIpc) is 2.74. The highest BCUT2D eigenvalue weighted by molar-refractivity contribution is 9.11. The van der Waals surface area contributed by atoms with Crippen LogP contribution in [0.3, 0.4) is 0 Å². The van der Waals surface area contributed by atoms with Gasteiger partial charge in [0.15, 0.2) is 0 Å². The number of rotatable bonds is 3. The van der Waals surface area contributed by atoms with Crippen LogP contribution in [-0.4, -0.2) is 38.6 Å². The molecule has 0 aliphatic carbocycles. The van der Waals surface area contributed by atoms with E-state index in [4.69, 9.17) is 15.6 Å². The van der Waals surface area contributed by atoms with Crippen molar-refractivity contribution >= 4 is 27.8 Å². The summed E-state index contributed by atoms with van der Waals surface area (Å²) < 4.78 is 6.67. The maximum Gasteiger partial charge on any atom is 0.351 e. The zero-order valence-corrected chi connectivity index (χ0v) is 11.5. The van der Waals surface area contributed by atoms with E-state index in [0.29, 0.717) is 5.56 Å². The van der Waals surface area contributed by atoms with E-state index in [1.165, 1.54) is 10.8 Å². The molecule has 2 heterocycles. The molecule has 1 fully saturated rings. The van der Waals surface area contributed by atoms with E-state index in [1.807, 2.05) is 0 Å². The number of hydrogen-bond acceptors (Lipinski definition) is 6. The van der Waals surface area contributed by atoms with E-state index >= 15 is 0 Å². The molecule has 2 rings (SSSR count). The number of ether oxygens (including phenoxy) is 1. The molecule has 104 valence electrons. The molecule has 0 bridgehead atoms. The Hall–Kier alpha value is -1.22. The van der Waals surface area contributed by atoms with Crippen molar-refractivity contribution in [2.45, 2.75) is 24.9 Å². The predicted octanol–water partition coefficient (Wildman–Crippen LogP) is -0.168. The highest BCUT2D eigenvalue weighted by atomic mass is 79.9. The number of halogens is 1. The molecule has 1 aromatic heterocycles. The first kappa shape index (κ1) is 14.2. The van der Waals surface area contributed by atoms with Crippen molar-refractivity contribution < 1.29 is 14.9 Å². The van der Waals surface area contributed by atoms with Gasteiger partial charge in [-0.25, -0.2) is 4.79 Å². The molecule has 0 aromatic carbocycles. The van der Waals surface area contributed by atoms with Crippen molar-refractivity contribution in [2.75, 3.05) is 12.3 Å². The number of nitrogens with zero attached hydrogens (tertiary/aromatic N) is 2. The fourth-order valence-corrected chi connectivity index (χ4v) is 2.23. The summed E-state index contributed by atoms with van der Waals surface area (Å²) in [7, 11) is 0. The number of anilines is 1. The van der Waals surface area contributed by atoms with E-state index < -0.39 is 24.1 Å². The molecule has 0 amide bonds. The van der Waals surface area contributed by atoms with Crippen LogP contribution in [0.5, 0.6) is 0 Å². The molecule has 1 aliphatic heterocycles. The van der Waals surface area contributed by atoms with Gasteiger partial charge in [-0.05, 0) is 11.1 Å². The summed E-state index contributed by atoms with van der Waals surface area (Å²) >= 11 is 3.12. The first-order valence-corrected chi connectivity index (χ1v) is 6.58. The minimum Gasteiger partial charge on any atom is -0.394 e. The van der Waals surface area contributed by atoms with Crippen molar-refractivity contribution in [1.82, 2.24) is 9.55 Å². The van der Waals surface area contributed by atoms with E-state index in [1.54, 1.807) is 11.1 Å². The second kappa shape index (κ2) is 5.83. The lowest BCUT2D eigenvalue weighted by Crippen LogP contribution is -2.28. The Morgan fingerprint density at radius 2 is 2.42 bits per heavy atom. The summed E-state index contributed by atoms with van der Waals surface area (Å²) in [6, 6.07) is 0. The summed E-state index contributed by atoms with van der Waals surface area (Å²) in [5.74, 6) is 0.120. The lowest BCUT2D eigenvalue weighted by molar-refractivity contribution is -0.0458. The van der Waals surface area contributed by atoms with Crippen molar-refractivity contribution in [3.63, 3.8) is 0 Å². The fraction of sp³-hybridized carbons (Fsp3) is 0.455. The van der Waals surface area contributed by atoms with Gasteiger partial charge >= 0.3 is 5.69 Å². The Labute approximate surface area is 117 Å². The second-order valence-corrected chi connectivity index (χ2v) is 4.71. The van der Waals surface area contributed by atoms with Crippen molar-refractivity contribution in [3.8, 4) is 0 Å². The summed E-state index contributed by atoms with van der Waals surface area (Å²) in [6.45, 7) is -0.303. The monoisotopic (exact) mass is 331 g/mol. The Morgan fingerprint density at radius 1 is 1.68 bits per heavy atom. The van der Waals surface area contributed by atoms with Gasteiger partial charge in [0, 0.05) is 18.2 Å². The number of hydrogen-bond donors (Lipinski definition) is 3. The van der Waals surface area contributed by atoms with Crippen molar-refractivity contribution in [1.29, 1.82) is 0 Å². The first-order valence-electron chi connectivity index (χ1n) is 5.66. The minimum atomic E-state index is -0.811. The molecule has 0 saturated carbocycles. The minimum absolute atomic E-state index is 0.120. The zero-order valence-electron chi connectivity index (χ0n) is 9.94. The number of aromatic nitrogens is 2. The van der Waals surface area contributed by atoms with Crippen LogP contribution in [0.4, 0.5) is 5.82 Å². The van der Waals surface area contributed by atoms with Crippen LogP contribution in [0, 0.1) is 0 Å². The molecule has 0 radical (unpaired) electrons. The molecule has 0 unspecified atom stereocenters. The van der Waals surface area contributed by atoms with E-state index in [2.05, 4.69) is 20.9 Å². The molecule has 4 N–H and O–H groups in total. The van der Waals surface area contributed by atoms with Crippen LogP contribution in [0.15, 0.2) is 16.0 Å².